The van der Waals surface area contributed by atoms with Crippen molar-refractivity contribution in [1.82, 2.24) is 4.90 Å². The van der Waals surface area contributed by atoms with E-state index in [9.17, 15) is 14.7 Å². The van der Waals surface area contributed by atoms with Crippen LogP contribution in [0.4, 0.5) is 0 Å². The third-order valence-corrected chi connectivity index (χ3v) is 5.72. The fourth-order valence-electron chi connectivity index (χ4n) is 3.98. The number of nitrogens with zero attached hydrogens (tertiary/aromatic N) is 1. The highest BCUT2D eigenvalue weighted by Crippen LogP contribution is 2.41. The molecule has 0 bridgehead atoms. The molecule has 2 aromatic carbocycles. The number of ketones is 1. The summed E-state index contributed by atoms with van der Waals surface area (Å²) in [6.45, 7) is 7.01. The number of benzene rings is 2. The van der Waals surface area contributed by atoms with Crippen molar-refractivity contribution < 1.29 is 24.2 Å². The van der Waals surface area contributed by atoms with Crippen LogP contribution in [-0.2, 0) is 19.7 Å². The molecule has 6 heteroatoms. The van der Waals surface area contributed by atoms with Gasteiger partial charge >= 0.3 is 0 Å². The minimum Gasteiger partial charge on any atom is -0.507 e. The highest BCUT2D eigenvalue weighted by molar-refractivity contribution is 6.46. The summed E-state index contributed by atoms with van der Waals surface area (Å²) < 4.78 is 10.6. The number of aliphatic hydroxyl groups excluding tert-OH is 1. The molecule has 0 saturated carbocycles. The summed E-state index contributed by atoms with van der Waals surface area (Å²) in [5, 5.41) is 11.4. The summed E-state index contributed by atoms with van der Waals surface area (Å²) in [7, 11) is 3.11. The Morgan fingerprint density at radius 2 is 1.75 bits per heavy atom. The van der Waals surface area contributed by atoms with Crippen LogP contribution in [0, 0.1) is 0 Å². The first-order valence-corrected chi connectivity index (χ1v) is 10.7. The van der Waals surface area contributed by atoms with Crippen molar-refractivity contribution in [2.75, 3.05) is 27.4 Å². The summed E-state index contributed by atoms with van der Waals surface area (Å²) in [6.07, 6.45) is 0.579. The van der Waals surface area contributed by atoms with Crippen LogP contribution >= 0.6 is 0 Å². The van der Waals surface area contributed by atoms with Gasteiger partial charge in [0.1, 0.15) is 11.5 Å². The van der Waals surface area contributed by atoms with E-state index in [1.54, 1.807) is 13.2 Å². The maximum absolute atomic E-state index is 13.1. The molecule has 32 heavy (non-hydrogen) atoms. The molecule has 1 N–H and O–H groups in total. The minimum atomic E-state index is -0.697. The Hall–Kier alpha value is -3.12. The second-order valence-electron chi connectivity index (χ2n) is 8.91. The predicted molar refractivity (Wildman–Crippen MR) is 124 cm³/mol. The number of amides is 1. The zero-order chi connectivity index (χ0) is 23.5. The summed E-state index contributed by atoms with van der Waals surface area (Å²) in [4.78, 5) is 27.6. The Bertz CT molecular complexity index is 1020. The van der Waals surface area contributed by atoms with Crippen molar-refractivity contribution in [3.8, 4) is 5.75 Å². The number of methoxy groups -OCH3 is 2. The molecule has 2 aromatic rings. The molecule has 1 amide bonds. The number of carbonyl (C=O) groups is 2. The normalized spacial score (nSPS) is 18.3. The van der Waals surface area contributed by atoms with Gasteiger partial charge in [0.25, 0.3) is 11.7 Å². The Balaban J connectivity index is 2.20. The molecule has 6 nitrogen and oxygen atoms in total. The van der Waals surface area contributed by atoms with Crippen molar-refractivity contribution in [2.45, 2.75) is 38.6 Å². The molecule has 1 fully saturated rings. The number of likely N-dealkylation sites (tertiary alicyclic amines) is 1. The van der Waals surface area contributed by atoms with E-state index in [1.165, 1.54) is 12.0 Å². The summed E-state index contributed by atoms with van der Waals surface area (Å²) in [6, 6.07) is 14.2. The number of ether oxygens (including phenoxy) is 2. The van der Waals surface area contributed by atoms with E-state index in [2.05, 4.69) is 20.8 Å². The number of hydrogen-bond acceptors (Lipinski definition) is 5. The fourth-order valence-corrected chi connectivity index (χ4v) is 3.98. The molecule has 1 heterocycles. The molecular weight excluding hydrogens is 406 g/mol. The Morgan fingerprint density at radius 1 is 1.06 bits per heavy atom. The average Bonchev–Trinajstić information content (AvgIpc) is 3.03. The lowest BCUT2D eigenvalue weighted by Gasteiger charge is -2.26. The van der Waals surface area contributed by atoms with Gasteiger partial charge in [0, 0.05) is 20.3 Å². The lowest BCUT2D eigenvalue weighted by Crippen LogP contribution is -2.31. The van der Waals surface area contributed by atoms with E-state index in [1.807, 2.05) is 42.5 Å². The summed E-state index contributed by atoms with van der Waals surface area (Å²) >= 11 is 0. The number of Topliss-reactive ketones (excluding diaryl/α,β-unsaturated/α-hetero) is 1. The highest BCUT2D eigenvalue weighted by atomic mass is 16.5. The smallest absolute Gasteiger partial charge is 0.295 e. The monoisotopic (exact) mass is 437 g/mol. The van der Waals surface area contributed by atoms with Crippen molar-refractivity contribution in [3.05, 3.63) is 70.8 Å². The maximum Gasteiger partial charge on any atom is 0.295 e. The van der Waals surface area contributed by atoms with Gasteiger partial charge in [-0.3, -0.25) is 9.59 Å². The largest absolute Gasteiger partial charge is 0.507 e. The van der Waals surface area contributed by atoms with Crippen molar-refractivity contribution in [1.29, 1.82) is 0 Å². The molecule has 1 atom stereocenters. The van der Waals surface area contributed by atoms with Gasteiger partial charge in [0.2, 0.25) is 0 Å². The van der Waals surface area contributed by atoms with E-state index in [0.717, 1.165) is 11.1 Å². The van der Waals surface area contributed by atoms with Crippen molar-refractivity contribution in [2.24, 2.45) is 0 Å². The first-order valence-electron chi connectivity index (χ1n) is 10.7. The van der Waals surface area contributed by atoms with E-state index in [0.29, 0.717) is 30.9 Å². The topological polar surface area (TPSA) is 76.1 Å². The van der Waals surface area contributed by atoms with Crippen LogP contribution in [0.15, 0.2) is 54.1 Å². The second kappa shape index (κ2) is 9.57. The van der Waals surface area contributed by atoms with Gasteiger partial charge in [0.05, 0.1) is 24.3 Å². The van der Waals surface area contributed by atoms with E-state index < -0.39 is 17.7 Å². The Labute approximate surface area is 189 Å². The summed E-state index contributed by atoms with van der Waals surface area (Å²) in [5.74, 6) is -1.11. The van der Waals surface area contributed by atoms with Crippen LogP contribution in [0.3, 0.4) is 0 Å². The average molecular weight is 438 g/mol. The molecule has 1 saturated heterocycles. The molecule has 1 aliphatic heterocycles. The lowest BCUT2D eigenvalue weighted by atomic mass is 9.85. The van der Waals surface area contributed by atoms with Gasteiger partial charge in [0.15, 0.2) is 0 Å². The van der Waals surface area contributed by atoms with Crippen molar-refractivity contribution in [3.63, 3.8) is 0 Å². The molecule has 170 valence electrons. The highest BCUT2D eigenvalue weighted by Gasteiger charge is 2.46. The first-order chi connectivity index (χ1) is 15.2. The third kappa shape index (κ3) is 4.55. The standard InChI is InChI=1S/C26H31NO5/c1-26(2,3)18-12-13-20(32-5)19(16-18)23(28)21-22(17-10-7-6-8-11-17)27(14-9-15-31-4)25(30)24(21)29/h6-8,10-13,16,22,28H,9,14-15H2,1-5H3/b23-21+. The maximum atomic E-state index is 13.1. The summed E-state index contributed by atoms with van der Waals surface area (Å²) in [5.41, 5.74) is 2.03. The Kier molecular flexibility index (Phi) is 7.04. The van der Waals surface area contributed by atoms with Gasteiger partial charge in [-0.05, 0) is 35.1 Å². The van der Waals surface area contributed by atoms with Crippen LogP contribution < -0.4 is 4.74 Å². The molecule has 0 radical (unpaired) electrons. The lowest BCUT2D eigenvalue weighted by molar-refractivity contribution is -0.140. The van der Waals surface area contributed by atoms with Gasteiger partial charge in [-0.2, -0.15) is 0 Å². The minimum absolute atomic E-state index is 0.0722. The second-order valence-corrected chi connectivity index (χ2v) is 8.91. The molecular formula is C26H31NO5. The van der Waals surface area contributed by atoms with Gasteiger partial charge in [-0.15, -0.1) is 0 Å². The molecule has 1 aliphatic rings. The SMILES string of the molecule is COCCCN1C(=O)C(=O)/C(=C(/O)c2cc(C(C)(C)C)ccc2OC)C1c1ccccc1. The number of carbonyl (C=O) groups excluding carboxylic acids is 2. The third-order valence-electron chi connectivity index (χ3n) is 5.72. The van der Waals surface area contributed by atoms with Crippen LogP contribution in [0.5, 0.6) is 5.75 Å². The zero-order valence-corrected chi connectivity index (χ0v) is 19.3. The molecule has 0 aliphatic carbocycles. The number of aliphatic hydroxyl groups is 1. The fraction of sp³-hybridized carbons (Fsp3) is 0.385. The van der Waals surface area contributed by atoms with Crippen LogP contribution in [0.25, 0.3) is 5.76 Å². The van der Waals surface area contributed by atoms with E-state index >= 15 is 0 Å². The zero-order valence-electron chi connectivity index (χ0n) is 19.3. The predicted octanol–water partition coefficient (Wildman–Crippen LogP) is 4.45. The Morgan fingerprint density at radius 3 is 2.34 bits per heavy atom. The molecule has 0 spiro atoms. The number of hydrogen-bond donors (Lipinski definition) is 1. The van der Waals surface area contributed by atoms with Crippen LogP contribution in [0.1, 0.15) is 49.9 Å². The quantitative estimate of drug-likeness (QED) is 0.300. The van der Waals surface area contributed by atoms with Crippen LogP contribution in [0.2, 0.25) is 0 Å². The van der Waals surface area contributed by atoms with Crippen molar-refractivity contribution >= 4 is 17.4 Å². The molecule has 1 unspecified atom stereocenters. The van der Waals surface area contributed by atoms with E-state index in [-0.39, 0.29) is 16.7 Å². The van der Waals surface area contributed by atoms with Gasteiger partial charge in [-0.25, -0.2) is 0 Å². The van der Waals surface area contributed by atoms with Gasteiger partial charge in [-0.1, -0.05) is 57.2 Å². The van der Waals surface area contributed by atoms with Gasteiger partial charge < -0.3 is 19.5 Å². The van der Waals surface area contributed by atoms with E-state index in [4.69, 9.17) is 9.47 Å². The molecule has 3 rings (SSSR count). The number of rotatable bonds is 7. The van der Waals surface area contributed by atoms with Crippen LogP contribution in [-0.4, -0.2) is 49.1 Å². The molecule has 0 aromatic heterocycles. The first kappa shape index (κ1) is 23.5.